The molecule has 0 aliphatic carbocycles. The van der Waals surface area contributed by atoms with Crippen LogP contribution in [0.5, 0.6) is 0 Å². The summed E-state index contributed by atoms with van der Waals surface area (Å²) in [6, 6.07) is 9.14. The summed E-state index contributed by atoms with van der Waals surface area (Å²) in [7, 11) is 4.25. The highest BCUT2D eigenvalue weighted by Crippen LogP contribution is 2.29. The summed E-state index contributed by atoms with van der Waals surface area (Å²) in [6.07, 6.45) is 0. The molecule has 0 fully saturated rings. The molecule has 0 heterocycles. The van der Waals surface area contributed by atoms with Gasteiger partial charge >= 0.3 is 0 Å². The maximum Gasteiger partial charge on any atom is 0.0178 e. The third-order valence-corrected chi connectivity index (χ3v) is 3.75. The highest BCUT2D eigenvalue weighted by atomic mass is 15.1. The van der Waals surface area contributed by atoms with Crippen LogP contribution in [-0.2, 0) is 12.0 Å². The number of benzene rings is 1. The summed E-state index contributed by atoms with van der Waals surface area (Å²) in [5.41, 5.74) is 8.32. The van der Waals surface area contributed by atoms with Crippen molar-refractivity contribution in [2.24, 2.45) is 5.73 Å². The molecule has 0 amide bonds. The molecule has 0 saturated carbocycles. The predicted octanol–water partition coefficient (Wildman–Crippen LogP) is 2.37. The Kier molecular flexibility index (Phi) is 4.11. The van der Waals surface area contributed by atoms with Gasteiger partial charge in [-0.25, -0.2) is 0 Å². The molecule has 1 unspecified atom stereocenters. The van der Waals surface area contributed by atoms with Crippen LogP contribution in [0.3, 0.4) is 0 Å². The van der Waals surface area contributed by atoms with E-state index in [2.05, 4.69) is 64.0 Å². The fourth-order valence-corrected chi connectivity index (χ4v) is 1.96. The molecule has 1 aromatic rings. The number of nitrogens with two attached hydrogens (primary N) is 1. The van der Waals surface area contributed by atoms with Gasteiger partial charge in [0, 0.05) is 18.0 Å². The summed E-state index contributed by atoms with van der Waals surface area (Å²) >= 11 is 0. The second-order valence-corrected chi connectivity index (χ2v) is 5.26. The lowest BCUT2D eigenvalue weighted by molar-refractivity contribution is 0.216. The minimum atomic E-state index is 0.149. The number of hydrogen-bond donors (Lipinski definition) is 1. The summed E-state index contributed by atoms with van der Waals surface area (Å²) in [5, 5.41) is 0. The van der Waals surface area contributed by atoms with Crippen LogP contribution >= 0.6 is 0 Å². The Hall–Kier alpha value is -0.860. The Morgan fingerprint density at radius 2 is 1.69 bits per heavy atom. The second-order valence-electron chi connectivity index (χ2n) is 5.26. The molecule has 0 spiro atoms. The Morgan fingerprint density at radius 1 is 1.19 bits per heavy atom. The first-order chi connectivity index (χ1) is 7.39. The Bertz CT molecular complexity index is 325. The van der Waals surface area contributed by atoms with Gasteiger partial charge in [-0.05, 0) is 32.1 Å². The van der Waals surface area contributed by atoms with Gasteiger partial charge in [-0.2, -0.15) is 0 Å². The maximum absolute atomic E-state index is 5.61. The van der Waals surface area contributed by atoms with Crippen LogP contribution in [0.15, 0.2) is 24.3 Å². The van der Waals surface area contributed by atoms with Gasteiger partial charge in [0.1, 0.15) is 0 Å². The number of rotatable bonds is 4. The monoisotopic (exact) mass is 220 g/mol. The minimum Gasteiger partial charge on any atom is -0.326 e. The standard InChI is InChI=1S/C14H24N2/c1-11(16(4)5)14(2,3)13-8-6-12(10-15)7-9-13/h6-9,11H,10,15H2,1-5H3. The molecule has 16 heavy (non-hydrogen) atoms. The van der Waals surface area contributed by atoms with E-state index < -0.39 is 0 Å². The van der Waals surface area contributed by atoms with Crippen LogP contribution in [0.25, 0.3) is 0 Å². The van der Waals surface area contributed by atoms with Crippen LogP contribution in [-0.4, -0.2) is 25.0 Å². The van der Waals surface area contributed by atoms with Crippen molar-refractivity contribution in [2.75, 3.05) is 14.1 Å². The third-order valence-electron chi connectivity index (χ3n) is 3.75. The van der Waals surface area contributed by atoms with E-state index in [9.17, 15) is 0 Å². The normalized spacial score (nSPS) is 14.2. The average molecular weight is 220 g/mol. The topological polar surface area (TPSA) is 29.3 Å². The number of likely N-dealkylation sites (N-methyl/N-ethyl adjacent to an activating group) is 1. The molecule has 0 radical (unpaired) electrons. The molecule has 90 valence electrons. The molecule has 1 atom stereocenters. The van der Waals surface area contributed by atoms with Gasteiger partial charge in [0.15, 0.2) is 0 Å². The minimum absolute atomic E-state index is 0.149. The fraction of sp³-hybridized carbons (Fsp3) is 0.571. The van der Waals surface area contributed by atoms with E-state index in [-0.39, 0.29) is 5.41 Å². The van der Waals surface area contributed by atoms with E-state index in [1.165, 1.54) is 11.1 Å². The second kappa shape index (κ2) is 4.98. The molecular formula is C14H24N2. The highest BCUT2D eigenvalue weighted by Gasteiger charge is 2.29. The molecule has 2 nitrogen and oxygen atoms in total. The molecule has 0 bridgehead atoms. The third kappa shape index (κ3) is 2.63. The highest BCUT2D eigenvalue weighted by molar-refractivity contribution is 5.29. The van der Waals surface area contributed by atoms with Gasteiger partial charge in [-0.3, -0.25) is 0 Å². The van der Waals surface area contributed by atoms with Gasteiger partial charge in [0.05, 0.1) is 0 Å². The maximum atomic E-state index is 5.61. The van der Waals surface area contributed by atoms with Crippen LogP contribution in [0, 0.1) is 0 Å². The molecule has 2 heteroatoms. The molecule has 1 aromatic carbocycles. The zero-order valence-electron chi connectivity index (χ0n) is 11.1. The van der Waals surface area contributed by atoms with Gasteiger partial charge in [-0.1, -0.05) is 38.1 Å². The van der Waals surface area contributed by atoms with Crippen LogP contribution in [0.1, 0.15) is 31.9 Å². The Morgan fingerprint density at radius 3 is 2.06 bits per heavy atom. The first-order valence-electron chi connectivity index (χ1n) is 5.85. The largest absolute Gasteiger partial charge is 0.326 e. The SMILES string of the molecule is CC(N(C)C)C(C)(C)c1ccc(CN)cc1. The van der Waals surface area contributed by atoms with Crippen LogP contribution < -0.4 is 5.73 Å². The van der Waals surface area contributed by atoms with Gasteiger partial charge in [-0.15, -0.1) is 0 Å². The predicted molar refractivity (Wildman–Crippen MR) is 70.5 cm³/mol. The van der Waals surface area contributed by atoms with Crippen LogP contribution in [0.4, 0.5) is 0 Å². The van der Waals surface area contributed by atoms with Gasteiger partial charge in [0.25, 0.3) is 0 Å². The molecule has 2 N–H and O–H groups in total. The summed E-state index contributed by atoms with van der Waals surface area (Å²) < 4.78 is 0. The lowest BCUT2D eigenvalue weighted by Crippen LogP contribution is -2.41. The fourth-order valence-electron chi connectivity index (χ4n) is 1.96. The molecular weight excluding hydrogens is 196 g/mol. The lowest BCUT2D eigenvalue weighted by atomic mass is 9.78. The Labute approximate surface area is 99.5 Å². The van der Waals surface area contributed by atoms with E-state index in [4.69, 9.17) is 5.73 Å². The van der Waals surface area contributed by atoms with E-state index in [1.54, 1.807) is 0 Å². The Balaban J connectivity index is 2.97. The lowest BCUT2D eigenvalue weighted by Gasteiger charge is -2.37. The first kappa shape index (κ1) is 13.2. The number of hydrogen-bond acceptors (Lipinski definition) is 2. The van der Waals surface area contributed by atoms with Gasteiger partial charge < -0.3 is 10.6 Å². The zero-order chi connectivity index (χ0) is 12.3. The van der Waals surface area contributed by atoms with Crippen molar-refractivity contribution in [3.05, 3.63) is 35.4 Å². The number of nitrogens with zero attached hydrogens (tertiary/aromatic N) is 1. The summed E-state index contributed by atoms with van der Waals surface area (Å²) in [5.74, 6) is 0. The molecule has 0 saturated heterocycles. The van der Waals surface area contributed by atoms with Crippen molar-refractivity contribution in [3.63, 3.8) is 0 Å². The van der Waals surface area contributed by atoms with Crippen molar-refractivity contribution in [1.29, 1.82) is 0 Å². The summed E-state index contributed by atoms with van der Waals surface area (Å²) in [6.45, 7) is 7.45. The molecule has 0 aromatic heterocycles. The van der Waals surface area contributed by atoms with Crippen molar-refractivity contribution in [2.45, 2.75) is 38.8 Å². The quantitative estimate of drug-likeness (QED) is 0.844. The van der Waals surface area contributed by atoms with Crippen LogP contribution in [0.2, 0.25) is 0 Å². The van der Waals surface area contributed by atoms with Crippen molar-refractivity contribution < 1.29 is 0 Å². The van der Waals surface area contributed by atoms with E-state index in [1.807, 2.05) is 0 Å². The average Bonchev–Trinajstić information content (AvgIpc) is 2.28. The molecule has 0 aliphatic heterocycles. The molecule has 1 rings (SSSR count). The smallest absolute Gasteiger partial charge is 0.0178 e. The first-order valence-corrected chi connectivity index (χ1v) is 5.85. The van der Waals surface area contributed by atoms with E-state index >= 15 is 0 Å². The van der Waals surface area contributed by atoms with Crippen molar-refractivity contribution in [3.8, 4) is 0 Å². The van der Waals surface area contributed by atoms with Gasteiger partial charge in [0.2, 0.25) is 0 Å². The van der Waals surface area contributed by atoms with Crippen molar-refractivity contribution in [1.82, 2.24) is 4.90 Å². The van der Waals surface area contributed by atoms with Crippen molar-refractivity contribution >= 4 is 0 Å². The van der Waals surface area contributed by atoms with E-state index in [0.29, 0.717) is 12.6 Å². The zero-order valence-corrected chi connectivity index (χ0v) is 11.1. The van der Waals surface area contributed by atoms with E-state index in [0.717, 1.165) is 0 Å². The summed E-state index contributed by atoms with van der Waals surface area (Å²) in [4.78, 5) is 2.26. The molecule has 0 aliphatic rings.